The van der Waals surface area contributed by atoms with Crippen LogP contribution in [-0.2, 0) is 92.6 Å². The molecule has 0 spiro atoms. The second-order valence-corrected chi connectivity index (χ2v) is 41.3. The minimum absolute atomic E-state index is 0.0974. The molecule has 0 radical (unpaired) electrons. The number of aromatic hydroxyl groups is 2. The molecule has 0 amide bonds. The van der Waals surface area contributed by atoms with Gasteiger partial charge in [-0.25, -0.2) is 0 Å². The summed E-state index contributed by atoms with van der Waals surface area (Å²) in [6.07, 6.45) is 22.2. The predicted octanol–water partition coefficient (Wildman–Crippen LogP) is 30.2. The summed E-state index contributed by atoms with van der Waals surface area (Å²) in [4.78, 5) is 7.83. The third-order valence-electron chi connectivity index (χ3n) is 22.6. The summed E-state index contributed by atoms with van der Waals surface area (Å²) in [7, 11) is 0. The maximum absolute atomic E-state index is 12.4. The quantitative estimate of drug-likeness (QED) is 0.143. The maximum atomic E-state index is 12.4. The Labute approximate surface area is 732 Å². The van der Waals surface area contributed by atoms with Gasteiger partial charge < -0.3 is 20.2 Å². The van der Waals surface area contributed by atoms with E-state index >= 15 is 0 Å². The molecule has 0 unspecified atom stereocenters. The van der Waals surface area contributed by atoms with Crippen LogP contribution in [0.15, 0.2) is 168 Å². The molecule has 0 atom stereocenters. The van der Waals surface area contributed by atoms with Crippen LogP contribution in [0, 0.1) is 74.7 Å². The van der Waals surface area contributed by atoms with E-state index in [0.717, 1.165) is 89.6 Å². The van der Waals surface area contributed by atoms with Crippen LogP contribution in [0.4, 0.5) is 11.4 Å². The van der Waals surface area contributed by atoms with Gasteiger partial charge in [0.15, 0.2) is 0 Å². The van der Waals surface area contributed by atoms with Crippen molar-refractivity contribution in [2.45, 2.75) is 252 Å². The molecule has 4 aliphatic carbocycles. The molecule has 606 valence electrons. The van der Waals surface area contributed by atoms with Crippen LogP contribution in [0.2, 0.25) is 10.0 Å². The zero-order valence-corrected chi connectivity index (χ0v) is 82.1. The van der Waals surface area contributed by atoms with Gasteiger partial charge in [0, 0.05) is 21.2 Å². The van der Waals surface area contributed by atoms with E-state index in [1.54, 1.807) is 12.4 Å². The number of aryl methyl sites for hydroxylation is 12. The Morgan fingerprint density at radius 3 is 1.23 bits per heavy atom. The number of nitrogens with zero attached hydrogens (tertiary/aromatic N) is 4. The number of phenolic OH excluding ortho intramolecular Hbond substituents is 2. The first-order valence-electron chi connectivity index (χ1n) is 41.4. The van der Waals surface area contributed by atoms with Gasteiger partial charge in [-0.15, -0.1) is 0 Å². The monoisotopic (exact) mass is 2040 g/mol. The molecular weight excluding hydrogens is 1920 g/mol. The first-order chi connectivity index (χ1) is 54.7. The summed E-state index contributed by atoms with van der Waals surface area (Å²) < 4.78 is 16.5. The molecule has 2 heterocycles. The summed E-state index contributed by atoms with van der Waals surface area (Å²) in [5.74, 6) is 1.94. The van der Waals surface area contributed by atoms with Gasteiger partial charge in [0.05, 0.1) is 4.47 Å². The standard InChI is InChI=1S/C39H44O.C21H22Br2O.C12H17N.C10H12.C6H3Cl2N.C6H8N.C5H10.C4H4N.2W/c1-22-16-24(3)35(25(4)17-22)33-20-29-12-8-10-14-31(29)37(28(33)7)38-32-15-11-9-13-30(32)21-34(39(38)40)36-26(5)18-23(2)19-27(36)6;1-12-17(22)10-13-6-2-4-8-15(13)19(12)20-16-9-5-3-7-14(16)11-18(23)21(20)24;1-8(2)10-6-5-7-11(9(3)4)12(10)13;1-10(2,3)9-7-5-4-6-8-9;7-4-2-1-3-5(8)6(4)9;1-5-3-4-6(2)7-5;1-5(2,3)4;1-2-4-5-3-1;;/h16-21,40H,8-15H2,1-7H3;10-11,24H,2-9H2,1H3;5-9H,1-4H3;1,4-8H,2-3H3;1-3H;3-4H,1-2H3;1H,2-4H3;1-4H;;/q;;;;;-1;;-1;;. The molecule has 0 saturated heterocycles. The number of hydrogen-bond donors (Lipinski definition) is 2. The van der Waals surface area contributed by atoms with Gasteiger partial charge >= 0.3 is 265 Å². The summed E-state index contributed by atoms with van der Waals surface area (Å²) in [6, 6.07) is 49.2. The number of benzene rings is 9. The van der Waals surface area contributed by atoms with E-state index in [4.69, 9.17) is 26.7 Å². The van der Waals surface area contributed by atoms with E-state index in [-0.39, 0.29) is 10.8 Å². The molecule has 15 rings (SSSR count). The first kappa shape index (κ1) is 90.7. The smallest absolute Gasteiger partial charge is 0.137 e. The number of rotatable bonds is 10. The van der Waals surface area contributed by atoms with Crippen molar-refractivity contribution in [2.75, 3.05) is 0 Å². The van der Waals surface area contributed by atoms with Crippen molar-refractivity contribution in [3.63, 3.8) is 0 Å². The van der Waals surface area contributed by atoms with Crippen LogP contribution in [0.3, 0.4) is 0 Å². The number of fused-ring (bicyclic) bond motifs is 4. The first-order valence-corrected chi connectivity index (χ1v) is 49.8. The van der Waals surface area contributed by atoms with Crippen LogP contribution in [0.5, 0.6) is 11.5 Å². The van der Waals surface area contributed by atoms with E-state index < -0.39 is 35.8 Å². The fourth-order valence-corrected chi connectivity index (χ4v) is 24.0. The molecule has 11 aromatic rings. The van der Waals surface area contributed by atoms with Crippen molar-refractivity contribution < 1.29 is 46.1 Å². The zero-order valence-electron chi connectivity index (χ0n) is 71.6. The zero-order chi connectivity index (χ0) is 83.2. The second kappa shape index (κ2) is 41.4. The molecule has 2 N–H and O–H groups in total. The fraction of sp³-hybridized carbons (Fsp3) is 0.379. The number of aromatic nitrogens is 2. The van der Waals surface area contributed by atoms with Crippen molar-refractivity contribution in [1.82, 2.24) is 9.97 Å². The van der Waals surface area contributed by atoms with Gasteiger partial charge in [0.25, 0.3) is 0 Å². The van der Waals surface area contributed by atoms with Crippen LogP contribution in [0.1, 0.15) is 243 Å². The normalized spacial score (nSPS) is 13.4. The third-order valence-corrected chi connectivity index (χ3v) is 32.1. The molecule has 9 aromatic carbocycles. The molecule has 0 aliphatic heterocycles. The van der Waals surface area contributed by atoms with Gasteiger partial charge in [-0.1, -0.05) is 95.5 Å². The summed E-state index contributed by atoms with van der Waals surface area (Å²) >= 11 is 17.6. The molecule has 4 aliphatic rings. The molecule has 0 bridgehead atoms. The van der Waals surface area contributed by atoms with E-state index in [1.165, 1.54) is 195 Å². The maximum Gasteiger partial charge on any atom is 0.137 e. The summed E-state index contributed by atoms with van der Waals surface area (Å²) in [5, 5.41) is 24.7. The number of halogens is 4. The summed E-state index contributed by atoms with van der Waals surface area (Å²) in [5.41, 5.74) is 40.4. The van der Waals surface area contributed by atoms with E-state index in [0.29, 0.717) is 33.4 Å². The topological polar surface area (TPSA) is 93.4 Å². The number of hydrogen-bond acceptors (Lipinski definition) is 4. The van der Waals surface area contributed by atoms with Gasteiger partial charge in [-0.2, -0.15) is 23.8 Å². The Bertz CT molecular complexity index is 5070. The van der Waals surface area contributed by atoms with Crippen LogP contribution < -0.4 is 9.97 Å². The second-order valence-electron chi connectivity index (χ2n) is 34.2. The van der Waals surface area contributed by atoms with E-state index in [9.17, 15) is 10.2 Å². The Balaban J connectivity index is 0.000000161. The largest absolute Gasteiger partial charge is 0.670 e. The van der Waals surface area contributed by atoms with Crippen molar-refractivity contribution in [3.05, 3.63) is 288 Å². The molecule has 12 heteroatoms. The number of phenols is 2. The molecule has 0 saturated carbocycles. The van der Waals surface area contributed by atoms with E-state index in [1.807, 2.05) is 56.3 Å². The van der Waals surface area contributed by atoms with Gasteiger partial charge in [0.1, 0.15) is 11.5 Å². The van der Waals surface area contributed by atoms with Crippen LogP contribution in [0.25, 0.3) is 44.5 Å². The van der Waals surface area contributed by atoms with Crippen molar-refractivity contribution >= 4 is 75.2 Å². The Hall–Kier alpha value is -6.60. The average Bonchev–Trinajstić information content (AvgIpc) is 0.740. The van der Waals surface area contributed by atoms with Crippen molar-refractivity contribution in [1.29, 1.82) is 0 Å². The minimum atomic E-state index is -0.918. The van der Waals surface area contributed by atoms with Crippen LogP contribution in [-0.4, -0.2) is 19.0 Å². The van der Waals surface area contributed by atoms with E-state index in [2.05, 4.69) is 269 Å². The molecular formula is C103H120Br2Cl2N4O2W2-2. The average molecular weight is 2040 g/mol. The fourth-order valence-electron chi connectivity index (χ4n) is 17.0. The van der Waals surface area contributed by atoms with Gasteiger partial charge in [0.2, 0.25) is 0 Å². The van der Waals surface area contributed by atoms with Crippen molar-refractivity contribution in [2.24, 2.45) is 12.4 Å². The molecule has 0 fully saturated rings. The van der Waals surface area contributed by atoms with Gasteiger partial charge in [-0.05, 0) is 298 Å². The van der Waals surface area contributed by atoms with Crippen LogP contribution >= 0.6 is 55.1 Å². The van der Waals surface area contributed by atoms with Gasteiger partial charge in [-0.3, -0.25) is 0 Å². The Morgan fingerprint density at radius 2 is 0.800 bits per heavy atom. The Kier molecular flexibility index (Phi) is 32.6. The van der Waals surface area contributed by atoms with Crippen molar-refractivity contribution in [3.8, 4) is 56.0 Å². The summed E-state index contributed by atoms with van der Waals surface area (Å²) in [6.45, 7) is 42.0. The molecule has 115 heavy (non-hydrogen) atoms. The predicted molar refractivity (Wildman–Crippen MR) is 493 cm³/mol. The SMILES string of the molecule is CC(C)(C)[CH]=[W]=[N]c1c(Cl)cccc1Cl.CC(C)c1cccc(C(C)C)c1[N]=[W]=[CH]C(C)(C)c1ccccc1.Cc1c(Br)cc2c(c1-c1c(O)c(Br)cc3c1CCCC3)CCCC2.Cc1cc(C)c(-c2cc3c(c(-c4c(O)c(-c5c(C)cc(C)cc5C)cc5c4CCCC5)c2C)CCCC3)c(C)c1.Cc1ccc(C)[n-]1.c1cc[n-]c1. The third kappa shape index (κ3) is 23.1. The molecule has 6 nitrogen and oxygen atoms in total. The minimum Gasteiger partial charge on any atom is -0.670 e. The molecule has 2 aromatic heterocycles. The Morgan fingerprint density at radius 1 is 0.409 bits per heavy atom.